The molecule has 0 heterocycles. The van der Waals surface area contributed by atoms with E-state index in [2.05, 4.69) is 11.4 Å². The van der Waals surface area contributed by atoms with Crippen molar-refractivity contribution in [2.45, 2.75) is 12.8 Å². The minimum absolute atomic E-state index is 0.312. The Bertz CT molecular complexity index is 1160. The number of hydrogen-bond donors (Lipinski definition) is 1. The number of carbonyl (C=O) groups excluding carboxylic acids is 1. The fourth-order valence-corrected chi connectivity index (χ4v) is 4.84. The predicted molar refractivity (Wildman–Crippen MR) is 116 cm³/mol. The number of hydrogen-bond acceptors (Lipinski definition) is 3. The molecule has 1 N–H and O–H groups in total. The van der Waals surface area contributed by atoms with E-state index < -0.39 is 16.1 Å². The molecule has 0 unspecified atom stereocenters. The maximum Gasteiger partial charge on any atom is 0.304 e. The average Bonchev–Trinajstić information content (AvgIpc) is 3.13. The van der Waals surface area contributed by atoms with Gasteiger partial charge in [0.05, 0.1) is 5.69 Å². The molecule has 4 rings (SSSR count). The molecule has 7 heteroatoms. The third kappa shape index (κ3) is 3.59. The van der Waals surface area contributed by atoms with Crippen molar-refractivity contribution in [3.8, 4) is 0 Å². The molecule has 3 aromatic rings. The van der Waals surface area contributed by atoms with Crippen molar-refractivity contribution < 1.29 is 13.2 Å². The first-order chi connectivity index (χ1) is 13.9. The Morgan fingerprint density at radius 3 is 2.31 bits per heavy atom. The molecule has 6 nitrogen and oxygen atoms in total. The fraction of sp³-hybridized carbons (Fsp3) is 0.227. The van der Waals surface area contributed by atoms with Crippen LogP contribution in [0.3, 0.4) is 0 Å². The summed E-state index contributed by atoms with van der Waals surface area (Å²) in [7, 11) is -0.918. The Morgan fingerprint density at radius 2 is 1.62 bits per heavy atom. The van der Waals surface area contributed by atoms with E-state index in [0.29, 0.717) is 11.4 Å². The Labute approximate surface area is 170 Å². The Balaban J connectivity index is 1.64. The largest absolute Gasteiger partial charge is 0.324 e. The summed E-state index contributed by atoms with van der Waals surface area (Å²) in [5, 5.41) is 5.11. The number of para-hydroxylation sites is 1. The molecule has 0 fully saturated rings. The second-order valence-electron chi connectivity index (χ2n) is 7.29. The van der Waals surface area contributed by atoms with Crippen molar-refractivity contribution in [2.24, 2.45) is 0 Å². The van der Waals surface area contributed by atoms with Crippen LogP contribution in [-0.4, -0.2) is 39.3 Å². The van der Waals surface area contributed by atoms with E-state index in [1.54, 1.807) is 30.3 Å². The second-order valence-corrected chi connectivity index (χ2v) is 9.36. The summed E-state index contributed by atoms with van der Waals surface area (Å²) >= 11 is 0. The summed E-state index contributed by atoms with van der Waals surface area (Å²) in [6.45, 7) is -0.312. The lowest BCUT2D eigenvalue weighted by Crippen LogP contribution is -2.44. The van der Waals surface area contributed by atoms with Crippen molar-refractivity contribution in [2.75, 3.05) is 30.3 Å². The molecule has 0 spiro atoms. The zero-order valence-electron chi connectivity index (χ0n) is 16.4. The highest BCUT2D eigenvalue weighted by Gasteiger charge is 2.27. The van der Waals surface area contributed by atoms with Gasteiger partial charge < -0.3 is 5.32 Å². The lowest BCUT2D eigenvalue weighted by molar-refractivity contribution is -0.114. The van der Waals surface area contributed by atoms with Crippen LogP contribution < -0.4 is 9.62 Å². The van der Waals surface area contributed by atoms with Gasteiger partial charge in [-0.15, -0.1) is 0 Å². The first kappa shape index (κ1) is 19.4. The SMILES string of the molecule is CN(C)S(=O)(=O)N(CC(=O)Nc1ccc2c3c(cccc13)CC2)c1ccccc1. The fourth-order valence-electron chi connectivity index (χ4n) is 3.77. The third-order valence-corrected chi connectivity index (χ3v) is 7.04. The van der Waals surface area contributed by atoms with Crippen LogP contribution in [0.1, 0.15) is 11.1 Å². The van der Waals surface area contributed by atoms with E-state index in [1.165, 1.54) is 30.6 Å². The molecule has 0 saturated heterocycles. The van der Waals surface area contributed by atoms with Gasteiger partial charge in [-0.25, -0.2) is 4.31 Å². The van der Waals surface area contributed by atoms with Gasteiger partial charge in [0.25, 0.3) is 0 Å². The van der Waals surface area contributed by atoms with Gasteiger partial charge in [0, 0.05) is 25.2 Å². The van der Waals surface area contributed by atoms with E-state index in [1.807, 2.05) is 24.3 Å². The van der Waals surface area contributed by atoms with Crippen molar-refractivity contribution in [1.29, 1.82) is 0 Å². The monoisotopic (exact) mass is 409 g/mol. The molecule has 0 bridgehead atoms. The predicted octanol–water partition coefficient (Wildman–Crippen LogP) is 3.19. The minimum Gasteiger partial charge on any atom is -0.324 e. The van der Waals surface area contributed by atoms with E-state index in [4.69, 9.17) is 0 Å². The van der Waals surface area contributed by atoms with Crippen molar-refractivity contribution in [3.05, 3.63) is 71.8 Å². The molecule has 29 heavy (non-hydrogen) atoms. The number of benzene rings is 3. The molecule has 0 saturated carbocycles. The highest BCUT2D eigenvalue weighted by atomic mass is 32.2. The standard InChI is InChI=1S/C22H23N3O3S/c1-24(2)29(27,28)25(18-8-4-3-5-9-18)15-21(26)23-20-14-13-17-12-11-16-7-6-10-19(20)22(16)17/h3-10,13-14H,11-12,15H2,1-2H3,(H,23,26). The zero-order chi connectivity index (χ0) is 20.6. The zero-order valence-corrected chi connectivity index (χ0v) is 17.2. The molecule has 1 aliphatic rings. The van der Waals surface area contributed by atoms with Gasteiger partial charge in [-0.05, 0) is 47.6 Å². The molecule has 0 aromatic heterocycles. The van der Waals surface area contributed by atoms with Crippen LogP contribution in [0.25, 0.3) is 10.8 Å². The quantitative estimate of drug-likeness (QED) is 0.680. The van der Waals surface area contributed by atoms with Gasteiger partial charge in [-0.1, -0.05) is 42.5 Å². The molecular formula is C22H23N3O3S. The van der Waals surface area contributed by atoms with Gasteiger partial charge in [0.15, 0.2) is 0 Å². The smallest absolute Gasteiger partial charge is 0.304 e. The highest BCUT2D eigenvalue weighted by molar-refractivity contribution is 7.90. The molecule has 150 valence electrons. The topological polar surface area (TPSA) is 69.7 Å². The summed E-state index contributed by atoms with van der Waals surface area (Å²) in [6, 6.07) is 18.7. The Kier molecular flexibility index (Phi) is 5.02. The summed E-state index contributed by atoms with van der Waals surface area (Å²) in [5.74, 6) is -0.391. The van der Waals surface area contributed by atoms with Crippen molar-refractivity contribution in [1.82, 2.24) is 4.31 Å². The van der Waals surface area contributed by atoms with E-state index >= 15 is 0 Å². The van der Waals surface area contributed by atoms with Crippen LogP contribution in [0, 0.1) is 0 Å². The number of anilines is 2. The molecule has 1 amide bonds. The second kappa shape index (κ2) is 7.50. The van der Waals surface area contributed by atoms with Crippen LogP contribution in [0.4, 0.5) is 11.4 Å². The van der Waals surface area contributed by atoms with Gasteiger partial charge in [-0.3, -0.25) is 4.79 Å². The Hall–Kier alpha value is -2.90. The number of nitrogens with zero attached hydrogens (tertiary/aromatic N) is 2. The normalized spacial score (nSPS) is 13.1. The summed E-state index contributed by atoms with van der Waals surface area (Å²) in [5.41, 5.74) is 3.72. The number of aryl methyl sites for hydroxylation is 2. The molecule has 0 radical (unpaired) electrons. The minimum atomic E-state index is -3.82. The van der Waals surface area contributed by atoms with Gasteiger partial charge in [0.1, 0.15) is 6.54 Å². The summed E-state index contributed by atoms with van der Waals surface area (Å²) in [4.78, 5) is 12.9. The van der Waals surface area contributed by atoms with Crippen LogP contribution in [0.5, 0.6) is 0 Å². The van der Waals surface area contributed by atoms with Crippen LogP contribution >= 0.6 is 0 Å². The summed E-state index contributed by atoms with van der Waals surface area (Å²) < 4.78 is 27.8. The van der Waals surface area contributed by atoms with Gasteiger partial charge >= 0.3 is 10.2 Å². The van der Waals surface area contributed by atoms with Crippen LogP contribution in [-0.2, 0) is 27.8 Å². The third-order valence-electron chi connectivity index (χ3n) is 5.22. The Morgan fingerprint density at radius 1 is 0.931 bits per heavy atom. The number of rotatable bonds is 6. The van der Waals surface area contributed by atoms with Crippen LogP contribution in [0.15, 0.2) is 60.7 Å². The molecule has 0 atom stereocenters. The molecular weight excluding hydrogens is 386 g/mol. The van der Waals surface area contributed by atoms with E-state index in [0.717, 1.165) is 26.8 Å². The van der Waals surface area contributed by atoms with E-state index in [-0.39, 0.29) is 6.54 Å². The van der Waals surface area contributed by atoms with Crippen LogP contribution in [0.2, 0.25) is 0 Å². The first-order valence-corrected chi connectivity index (χ1v) is 10.9. The maximum atomic E-state index is 12.9. The van der Waals surface area contributed by atoms with Gasteiger partial charge in [0.2, 0.25) is 5.91 Å². The molecule has 0 aliphatic heterocycles. The lowest BCUT2D eigenvalue weighted by Gasteiger charge is -2.27. The van der Waals surface area contributed by atoms with Crippen molar-refractivity contribution >= 4 is 38.3 Å². The molecule has 3 aromatic carbocycles. The molecule has 1 aliphatic carbocycles. The number of carbonyl (C=O) groups is 1. The van der Waals surface area contributed by atoms with Crippen molar-refractivity contribution in [3.63, 3.8) is 0 Å². The number of nitrogens with one attached hydrogen (secondary N) is 1. The lowest BCUT2D eigenvalue weighted by atomic mass is 10.0. The maximum absolute atomic E-state index is 12.9. The van der Waals surface area contributed by atoms with Gasteiger partial charge in [-0.2, -0.15) is 12.7 Å². The summed E-state index contributed by atoms with van der Waals surface area (Å²) in [6.07, 6.45) is 2.01. The van der Waals surface area contributed by atoms with E-state index in [9.17, 15) is 13.2 Å². The number of amides is 1. The highest BCUT2D eigenvalue weighted by Crippen LogP contribution is 2.35. The first-order valence-electron chi connectivity index (χ1n) is 9.46. The average molecular weight is 410 g/mol.